The zero-order valence-electron chi connectivity index (χ0n) is 12.2. The van der Waals surface area contributed by atoms with Gasteiger partial charge in [0, 0.05) is 11.6 Å². The third kappa shape index (κ3) is 3.86. The quantitative estimate of drug-likeness (QED) is 0.473. The molecule has 0 fully saturated rings. The fourth-order valence-electron chi connectivity index (χ4n) is 1.84. The molecule has 6 heteroatoms. The molecular weight excluding hydrogens is 298 g/mol. The zero-order valence-corrected chi connectivity index (χ0v) is 12.2. The average molecular weight is 310 g/mol. The normalized spacial score (nSPS) is 10.9. The van der Waals surface area contributed by atoms with Crippen molar-refractivity contribution < 1.29 is 23.8 Å². The molecule has 23 heavy (non-hydrogen) atoms. The van der Waals surface area contributed by atoms with Crippen LogP contribution < -0.4 is 5.11 Å². The second-order valence-corrected chi connectivity index (χ2v) is 4.46. The largest absolute Gasteiger partial charge is 0.545 e. The van der Waals surface area contributed by atoms with Crippen molar-refractivity contribution in [2.45, 2.75) is 6.92 Å². The van der Waals surface area contributed by atoms with Crippen LogP contribution in [-0.2, 0) is 9.53 Å². The molecule has 0 aliphatic rings. The Labute approximate surface area is 132 Å². The lowest BCUT2D eigenvalue weighted by molar-refractivity contribution is -0.255. The summed E-state index contributed by atoms with van der Waals surface area (Å²) in [6.45, 7) is 1.82. The summed E-state index contributed by atoms with van der Waals surface area (Å²) in [4.78, 5) is 22.2. The standard InChI is InChI=1S/C17H13NO5/c1-2-22-17(21)13(10-18)9-14-7-8-15(23-14)11-3-5-12(6-4-11)16(19)20/h3-9H,2H2,1H3,(H,19,20)/p-1/b13-9+. The second-order valence-electron chi connectivity index (χ2n) is 4.46. The third-order valence-electron chi connectivity index (χ3n) is 2.93. The SMILES string of the molecule is CCOC(=O)/C(C#N)=C/c1ccc(-c2ccc(C(=O)[O-])cc2)o1. The number of aromatic carboxylic acids is 1. The summed E-state index contributed by atoms with van der Waals surface area (Å²) in [5, 5.41) is 19.7. The number of esters is 1. The van der Waals surface area contributed by atoms with Gasteiger partial charge in [-0.15, -0.1) is 0 Å². The topological polar surface area (TPSA) is 103 Å². The number of hydrogen-bond donors (Lipinski definition) is 0. The van der Waals surface area contributed by atoms with E-state index in [1.54, 1.807) is 37.3 Å². The van der Waals surface area contributed by atoms with E-state index in [4.69, 9.17) is 14.4 Å². The van der Waals surface area contributed by atoms with E-state index >= 15 is 0 Å². The van der Waals surface area contributed by atoms with Crippen LogP contribution in [0.4, 0.5) is 0 Å². The maximum atomic E-state index is 11.5. The maximum Gasteiger partial charge on any atom is 0.349 e. The molecule has 0 bridgehead atoms. The van der Waals surface area contributed by atoms with E-state index in [1.807, 2.05) is 0 Å². The van der Waals surface area contributed by atoms with Gasteiger partial charge in [0.1, 0.15) is 23.2 Å². The van der Waals surface area contributed by atoms with Crippen molar-refractivity contribution in [3.05, 3.63) is 53.3 Å². The number of carbonyl (C=O) groups excluding carboxylic acids is 2. The van der Waals surface area contributed by atoms with Crippen molar-refractivity contribution in [3.63, 3.8) is 0 Å². The van der Waals surface area contributed by atoms with E-state index in [0.717, 1.165) is 0 Å². The predicted octanol–water partition coefficient (Wildman–Crippen LogP) is 1.78. The van der Waals surface area contributed by atoms with Gasteiger partial charge in [0.2, 0.25) is 0 Å². The van der Waals surface area contributed by atoms with Crippen molar-refractivity contribution in [1.29, 1.82) is 5.26 Å². The van der Waals surface area contributed by atoms with Gasteiger partial charge in [-0.05, 0) is 24.6 Å². The van der Waals surface area contributed by atoms with Gasteiger partial charge in [0.15, 0.2) is 0 Å². The molecule has 1 heterocycles. The minimum absolute atomic E-state index is 0.0644. The van der Waals surface area contributed by atoms with Gasteiger partial charge in [-0.2, -0.15) is 5.26 Å². The van der Waals surface area contributed by atoms with E-state index in [1.165, 1.54) is 18.2 Å². The first-order valence-corrected chi connectivity index (χ1v) is 6.75. The van der Waals surface area contributed by atoms with Gasteiger partial charge in [-0.3, -0.25) is 0 Å². The number of rotatable bonds is 5. The molecule has 2 rings (SSSR count). The van der Waals surface area contributed by atoms with E-state index in [0.29, 0.717) is 17.1 Å². The lowest BCUT2D eigenvalue weighted by atomic mass is 10.1. The van der Waals surface area contributed by atoms with Gasteiger partial charge < -0.3 is 19.1 Å². The fourth-order valence-corrected chi connectivity index (χ4v) is 1.84. The zero-order chi connectivity index (χ0) is 16.8. The van der Waals surface area contributed by atoms with E-state index in [2.05, 4.69) is 0 Å². The van der Waals surface area contributed by atoms with E-state index in [-0.39, 0.29) is 17.7 Å². The van der Waals surface area contributed by atoms with Crippen LogP contribution in [0.15, 0.2) is 46.4 Å². The van der Waals surface area contributed by atoms with Crippen LogP contribution in [0.2, 0.25) is 0 Å². The Kier molecular flexibility index (Phi) is 4.95. The van der Waals surface area contributed by atoms with E-state index in [9.17, 15) is 14.7 Å². The summed E-state index contributed by atoms with van der Waals surface area (Å²) >= 11 is 0. The van der Waals surface area contributed by atoms with Gasteiger partial charge in [0.05, 0.1) is 12.6 Å². The number of carboxylic acids is 1. The van der Waals surface area contributed by atoms with Crippen LogP contribution in [0.1, 0.15) is 23.0 Å². The highest BCUT2D eigenvalue weighted by Gasteiger charge is 2.11. The Morgan fingerprint density at radius 1 is 1.26 bits per heavy atom. The summed E-state index contributed by atoms with van der Waals surface area (Å²) in [5.41, 5.74) is 0.554. The lowest BCUT2D eigenvalue weighted by Gasteiger charge is -2.02. The number of carboxylic acid groups (broad SMARTS) is 1. The molecule has 0 unspecified atom stereocenters. The Balaban J connectivity index is 2.25. The number of ether oxygens (including phenoxy) is 1. The summed E-state index contributed by atoms with van der Waals surface area (Å²) < 4.78 is 10.3. The molecule has 1 aromatic heterocycles. The van der Waals surface area contributed by atoms with Crippen molar-refractivity contribution in [3.8, 4) is 17.4 Å². The van der Waals surface area contributed by atoms with Crippen molar-refractivity contribution in [1.82, 2.24) is 0 Å². The van der Waals surface area contributed by atoms with Crippen LogP contribution in [0.25, 0.3) is 17.4 Å². The van der Waals surface area contributed by atoms with Gasteiger partial charge in [-0.1, -0.05) is 24.3 Å². The average Bonchev–Trinajstić information content (AvgIpc) is 3.01. The highest BCUT2D eigenvalue weighted by molar-refractivity contribution is 5.97. The Hall–Kier alpha value is -3.33. The maximum absolute atomic E-state index is 11.5. The number of nitriles is 1. The molecule has 0 atom stereocenters. The predicted molar refractivity (Wildman–Crippen MR) is 78.7 cm³/mol. The van der Waals surface area contributed by atoms with Crippen molar-refractivity contribution in [2.75, 3.05) is 6.61 Å². The van der Waals surface area contributed by atoms with Crippen LogP contribution in [0.3, 0.4) is 0 Å². The molecule has 0 amide bonds. The lowest BCUT2D eigenvalue weighted by Crippen LogP contribution is -2.21. The van der Waals surface area contributed by atoms with Crippen LogP contribution in [0, 0.1) is 11.3 Å². The van der Waals surface area contributed by atoms with Crippen LogP contribution in [0.5, 0.6) is 0 Å². The number of nitrogens with zero attached hydrogens (tertiary/aromatic N) is 1. The molecule has 0 saturated carbocycles. The molecule has 0 aliphatic carbocycles. The summed E-state index contributed by atoms with van der Waals surface area (Å²) in [6, 6.07) is 11.0. The molecule has 0 N–H and O–H groups in total. The van der Waals surface area contributed by atoms with Crippen molar-refractivity contribution in [2.24, 2.45) is 0 Å². The molecular formula is C17H12NO5-. The highest BCUT2D eigenvalue weighted by Crippen LogP contribution is 2.24. The Morgan fingerprint density at radius 2 is 1.96 bits per heavy atom. The van der Waals surface area contributed by atoms with Crippen LogP contribution >= 0.6 is 0 Å². The number of hydrogen-bond acceptors (Lipinski definition) is 6. The summed E-state index contributed by atoms with van der Waals surface area (Å²) in [6.07, 6.45) is 1.29. The van der Waals surface area contributed by atoms with Crippen molar-refractivity contribution >= 4 is 18.0 Å². The molecule has 0 aliphatic heterocycles. The van der Waals surface area contributed by atoms with Gasteiger partial charge in [0.25, 0.3) is 0 Å². The van der Waals surface area contributed by atoms with Gasteiger partial charge in [-0.25, -0.2) is 4.79 Å². The minimum Gasteiger partial charge on any atom is -0.545 e. The van der Waals surface area contributed by atoms with Crippen LogP contribution in [-0.4, -0.2) is 18.5 Å². The molecule has 0 saturated heterocycles. The molecule has 116 valence electrons. The smallest absolute Gasteiger partial charge is 0.349 e. The molecule has 2 aromatic rings. The third-order valence-corrected chi connectivity index (χ3v) is 2.93. The Morgan fingerprint density at radius 3 is 2.52 bits per heavy atom. The summed E-state index contributed by atoms with van der Waals surface area (Å²) in [7, 11) is 0. The molecule has 6 nitrogen and oxygen atoms in total. The monoisotopic (exact) mass is 310 g/mol. The number of benzene rings is 1. The van der Waals surface area contributed by atoms with E-state index < -0.39 is 11.9 Å². The molecule has 1 aromatic carbocycles. The summed E-state index contributed by atoms with van der Waals surface area (Å²) in [5.74, 6) is -1.19. The fraction of sp³-hybridized carbons (Fsp3) is 0.118. The second kappa shape index (κ2) is 7.09. The minimum atomic E-state index is -1.26. The first-order chi connectivity index (χ1) is 11.0. The number of carbonyl (C=O) groups is 2. The molecule has 0 radical (unpaired) electrons. The first kappa shape index (κ1) is 16.0. The molecule has 0 spiro atoms. The Bertz CT molecular complexity index is 793. The van der Waals surface area contributed by atoms with Gasteiger partial charge >= 0.3 is 5.97 Å². The highest BCUT2D eigenvalue weighted by atomic mass is 16.5. The first-order valence-electron chi connectivity index (χ1n) is 6.75. The number of furan rings is 1.